The van der Waals surface area contributed by atoms with E-state index in [1.807, 2.05) is 33.8 Å². The second-order valence-electron chi connectivity index (χ2n) is 4.68. The molecule has 0 aliphatic heterocycles. The Hall–Kier alpha value is -1.29. The van der Waals surface area contributed by atoms with Gasteiger partial charge in [0.1, 0.15) is 5.69 Å². The summed E-state index contributed by atoms with van der Waals surface area (Å²) >= 11 is 0. The summed E-state index contributed by atoms with van der Waals surface area (Å²) in [6.45, 7) is 8.05. The first-order valence-electron chi connectivity index (χ1n) is 5.03. The fourth-order valence-electron chi connectivity index (χ4n) is 1.36. The molecule has 0 spiro atoms. The zero-order valence-corrected chi connectivity index (χ0v) is 9.77. The highest BCUT2D eigenvalue weighted by Gasteiger charge is 2.15. The highest BCUT2D eigenvalue weighted by Crippen LogP contribution is 2.08. The number of hydrogen-bond acceptors (Lipinski definition) is 2. The van der Waals surface area contributed by atoms with E-state index in [1.54, 1.807) is 0 Å². The topological polar surface area (TPSA) is 70.9 Å². The standard InChI is InChI=1S/C11H19N3O/c1-7-5-8(2)14-9(7)10(15)13-6-11(3,4)12/h5,14H,6,12H2,1-4H3,(H,13,15). The van der Waals surface area contributed by atoms with Gasteiger partial charge in [0, 0.05) is 17.8 Å². The zero-order chi connectivity index (χ0) is 11.6. The number of carbonyl (C=O) groups excluding carboxylic acids is 1. The number of nitrogens with two attached hydrogens (primary N) is 1. The summed E-state index contributed by atoms with van der Waals surface area (Å²) in [5.41, 5.74) is 7.97. The van der Waals surface area contributed by atoms with Crippen LogP contribution in [0.25, 0.3) is 0 Å². The fourth-order valence-corrected chi connectivity index (χ4v) is 1.36. The Labute approximate surface area is 90.2 Å². The molecule has 1 aromatic heterocycles. The van der Waals surface area contributed by atoms with Crippen molar-refractivity contribution >= 4 is 5.91 Å². The van der Waals surface area contributed by atoms with E-state index in [2.05, 4.69) is 10.3 Å². The number of nitrogens with one attached hydrogen (secondary N) is 2. The van der Waals surface area contributed by atoms with Gasteiger partial charge in [0.05, 0.1) is 0 Å². The molecule has 1 rings (SSSR count). The van der Waals surface area contributed by atoms with Crippen LogP contribution in [0.5, 0.6) is 0 Å². The number of aromatic amines is 1. The lowest BCUT2D eigenvalue weighted by atomic mass is 10.1. The average Bonchev–Trinajstić information content (AvgIpc) is 2.40. The first kappa shape index (κ1) is 11.8. The summed E-state index contributed by atoms with van der Waals surface area (Å²) in [6.07, 6.45) is 0. The second-order valence-corrected chi connectivity index (χ2v) is 4.68. The molecule has 0 fully saturated rings. The molecule has 0 aliphatic rings. The van der Waals surface area contributed by atoms with Crippen LogP contribution in [0.2, 0.25) is 0 Å². The third-order valence-corrected chi connectivity index (χ3v) is 2.08. The van der Waals surface area contributed by atoms with Crippen LogP contribution >= 0.6 is 0 Å². The van der Waals surface area contributed by atoms with Gasteiger partial charge >= 0.3 is 0 Å². The predicted octanol–water partition coefficient (Wildman–Crippen LogP) is 1.10. The number of aromatic nitrogens is 1. The number of carbonyl (C=O) groups is 1. The predicted molar refractivity (Wildman–Crippen MR) is 60.9 cm³/mol. The van der Waals surface area contributed by atoms with Crippen LogP contribution in [0.1, 0.15) is 35.6 Å². The maximum Gasteiger partial charge on any atom is 0.268 e. The largest absolute Gasteiger partial charge is 0.354 e. The molecular formula is C11H19N3O. The molecule has 1 aromatic rings. The Balaban J connectivity index is 2.66. The SMILES string of the molecule is Cc1cc(C)c(C(=O)NCC(C)(C)N)[nH]1. The van der Waals surface area contributed by atoms with Crippen LogP contribution in [-0.2, 0) is 0 Å². The van der Waals surface area contributed by atoms with Crippen LogP contribution in [-0.4, -0.2) is 23.0 Å². The Bertz CT molecular complexity index is 360. The highest BCUT2D eigenvalue weighted by atomic mass is 16.1. The maximum atomic E-state index is 11.7. The third kappa shape index (κ3) is 3.40. The molecule has 4 N–H and O–H groups in total. The number of hydrogen-bond donors (Lipinski definition) is 3. The molecular weight excluding hydrogens is 190 g/mol. The first-order chi connectivity index (χ1) is 6.79. The Kier molecular flexibility index (Phi) is 3.19. The smallest absolute Gasteiger partial charge is 0.268 e. The van der Waals surface area contributed by atoms with Crippen LogP contribution in [0, 0.1) is 13.8 Å². The maximum absolute atomic E-state index is 11.7. The Morgan fingerprint density at radius 3 is 2.53 bits per heavy atom. The minimum atomic E-state index is -0.384. The van der Waals surface area contributed by atoms with Gasteiger partial charge in [0.2, 0.25) is 0 Å². The van der Waals surface area contributed by atoms with E-state index in [9.17, 15) is 4.79 Å². The van der Waals surface area contributed by atoms with Gasteiger partial charge in [-0.3, -0.25) is 4.79 Å². The van der Waals surface area contributed by atoms with Gasteiger partial charge in [-0.1, -0.05) is 0 Å². The van der Waals surface area contributed by atoms with Gasteiger partial charge in [-0.15, -0.1) is 0 Å². The molecule has 4 nitrogen and oxygen atoms in total. The van der Waals surface area contributed by atoms with E-state index in [1.165, 1.54) is 0 Å². The molecule has 15 heavy (non-hydrogen) atoms. The van der Waals surface area contributed by atoms with Gasteiger partial charge < -0.3 is 16.0 Å². The number of H-pyrrole nitrogens is 1. The molecule has 0 radical (unpaired) electrons. The second kappa shape index (κ2) is 4.06. The Morgan fingerprint density at radius 2 is 2.13 bits per heavy atom. The van der Waals surface area contributed by atoms with Crippen molar-refractivity contribution in [2.75, 3.05) is 6.54 Å². The Morgan fingerprint density at radius 1 is 1.53 bits per heavy atom. The van der Waals surface area contributed by atoms with Crippen LogP contribution < -0.4 is 11.1 Å². The van der Waals surface area contributed by atoms with Gasteiger partial charge in [-0.05, 0) is 39.3 Å². The number of rotatable bonds is 3. The van der Waals surface area contributed by atoms with Crippen LogP contribution in [0.15, 0.2) is 6.07 Å². The molecule has 0 aromatic carbocycles. The molecule has 84 valence electrons. The minimum Gasteiger partial charge on any atom is -0.354 e. The minimum absolute atomic E-state index is 0.0980. The van der Waals surface area contributed by atoms with Crippen LogP contribution in [0.3, 0.4) is 0 Å². The quantitative estimate of drug-likeness (QED) is 0.697. The number of amides is 1. The van der Waals surface area contributed by atoms with Crippen molar-refractivity contribution in [1.82, 2.24) is 10.3 Å². The lowest BCUT2D eigenvalue weighted by molar-refractivity contribution is 0.0941. The average molecular weight is 209 g/mol. The molecule has 0 saturated carbocycles. The summed E-state index contributed by atoms with van der Waals surface area (Å²) in [4.78, 5) is 14.8. The van der Waals surface area contributed by atoms with E-state index < -0.39 is 0 Å². The van der Waals surface area contributed by atoms with E-state index in [0.717, 1.165) is 11.3 Å². The summed E-state index contributed by atoms with van der Waals surface area (Å²) < 4.78 is 0. The summed E-state index contributed by atoms with van der Waals surface area (Å²) in [6, 6.07) is 1.95. The van der Waals surface area contributed by atoms with Gasteiger partial charge in [0.25, 0.3) is 5.91 Å². The van der Waals surface area contributed by atoms with Gasteiger partial charge in [0.15, 0.2) is 0 Å². The van der Waals surface area contributed by atoms with E-state index >= 15 is 0 Å². The van der Waals surface area contributed by atoms with Gasteiger partial charge in [-0.25, -0.2) is 0 Å². The van der Waals surface area contributed by atoms with Crippen molar-refractivity contribution in [1.29, 1.82) is 0 Å². The normalized spacial score (nSPS) is 11.5. The molecule has 1 heterocycles. The van der Waals surface area contributed by atoms with Crippen molar-refractivity contribution in [2.24, 2.45) is 5.73 Å². The van der Waals surface area contributed by atoms with Crippen LogP contribution in [0.4, 0.5) is 0 Å². The molecule has 4 heteroatoms. The molecule has 0 aliphatic carbocycles. The molecule has 1 amide bonds. The first-order valence-corrected chi connectivity index (χ1v) is 5.03. The summed E-state index contributed by atoms with van der Waals surface area (Å²) in [7, 11) is 0. The monoisotopic (exact) mass is 209 g/mol. The van der Waals surface area contributed by atoms with E-state index in [0.29, 0.717) is 12.2 Å². The van der Waals surface area contributed by atoms with Crippen molar-refractivity contribution in [3.05, 3.63) is 23.0 Å². The van der Waals surface area contributed by atoms with Crippen molar-refractivity contribution in [2.45, 2.75) is 33.2 Å². The fraction of sp³-hybridized carbons (Fsp3) is 0.545. The molecule has 0 bridgehead atoms. The zero-order valence-electron chi connectivity index (χ0n) is 9.77. The van der Waals surface area contributed by atoms with E-state index in [4.69, 9.17) is 5.73 Å². The highest BCUT2D eigenvalue weighted by molar-refractivity contribution is 5.94. The molecule has 0 unspecified atom stereocenters. The summed E-state index contributed by atoms with van der Waals surface area (Å²) in [5.74, 6) is -0.0980. The number of aryl methyl sites for hydroxylation is 2. The van der Waals surface area contributed by atoms with Crippen molar-refractivity contribution in [3.8, 4) is 0 Å². The molecule has 0 saturated heterocycles. The van der Waals surface area contributed by atoms with E-state index in [-0.39, 0.29) is 11.4 Å². The lowest BCUT2D eigenvalue weighted by Gasteiger charge is -2.18. The van der Waals surface area contributed by atoms with Crippen molar-refractivity contribution in [3.63, 3.8) is 0 Å². The third-order valence-electron chi connectivity index (χ3n) is 2.08. The van der Waals surface area contributed by atoms with Gasteiger partial charge in [-0.2, -0.15) is 0 Å². The molecule has 0 atom stereocenters. The lowest BCUT2D eigenvalue weighted by Crippen LogP contribution is -2.45. The summed E-state index contributed by atoms with van der Waals surface area (Å²) in [5, 5.41) is 2.80. The van der Waals surface area contributed by atoms with Crippen molar-refractivity contribution < 1.29 is 4.79 Å².